The van der Waals surface area contributed by atoms with Crippen LogP contribution in [0, 0.1) is 0 Å². The molecule has 0 unspecified atom stereocenters. The van der Waals surface area contributed by atoms with Crippen LogP contribution < -0.4 is 10.2 Å². The summed E-state index contributed by atoms with van der Waals surface area (Å²) in [5.41, 5.74) is 1.66. The number of carbonyl (C=O) groups excluding carboxylic acids is 1. The molecule has 0 bridgehead atoms. The van der Waals surface area contributed by atoms with E-state index in [1.807, 2.05) is 66.8 Å². The minimum absolute atomic E-state index is 0.0287. The van der Waals surface area contributed by atoms with Crippen LogP contribution in [0.4, 0.5) is 5.69 Å². The third-order valence-corrected chi connectivity index (χ3v) is 4.85. The zero-order chi connectivity index (χ0) is 16.9. The first-order valence-corrected chi connectivity index (χ1v) is 8.65. The van der Waals surface area contributed by atoms with E-state index in [0.29, 0.717) is 12.1 Å². The molecule has 4 nitrogen and oxygen atoms in total. The molecule has 0 aliphatic heterocycles. The Bertz CT molecular complexity index is 745. The summed E-state index contributed by atoms with van der Waals surface area (Å²) in [5.74, 6) is 0.813. The van der Waals surface area contributed by atoms with Crippen LogP contribution >= 0.6 is 11.3 Å². The molecule has 1 aromatic carbocycles. The van der Waals surface area contributed by atoms with Gasteiger partial charge in [0.2, 0.25) is 0 Å². The quantitative estimate of drug-likeness (QED) is 0.738. The van der Waals surface area contributed by atoms with Gasteiger partial charge >= 0.3 is 0 Å². The zero-order valence-electron chi connectivity index (χ0n) is 13.7. The van der Waals surface area contributed by atoms with Gasteiger partial charge < -0.3 is 14.6 Å². The highest BCUT2D eigenvalue weighted by Crippen LogP contribution is 2.28. The molecule has 3 rings (SSSR count). The van der Waals surface area contributed by atoms with Crippen molar-refractivity contribution in [1.29, 1.82) is 0 Å². The van der Waals surface area contributed by atoms with Crippen molar-refractivity contribution >= 4 is 22.9 Å². The number of furan rings is 1. The van der Waals surface area contributed by atoms with Crippen molar-refractivity contribution in [2.24, 2.45) is 0 Å². The van der Waals surface area contributed by atoms with E-state index in [0.717, 1.165) is 11.4 Å². The van der Waals surface area contributed by atoms with E-state index in [2.05, 4.69) is 11.4 Å². The van der Waals surface area contributed by atoms with E-state index < -0.39 is 0 Å². The number of hydrogen-bond acceptors (Lipinski definition) is 4. The Morgan fingerprint density at radius 2 is 2.08 bits per heavy atom. The van der Waals surface area contributed by atoms with Crippen LogP contribution in [-0.4, -0.2) is 26.5 Å². The molecule has 0 aliphatic rings. The van der Waals surface area contributed by atoms with Gasteiger partial charge in [0.15, 0.2) is 0 Å². The van der Waals surface area contributed by atoms with Crippen molar-refractivity contribution in [3.63, 3.8) is 0 Å². The lowest BCUT2D eigenvalue weighted by Crippen LogP contribution is -2.28. The molecule has 0 aliphatic carbocycles. The summed E-state index contributed by atoms with van der Waals surface area (Å²) >= 11 is 1.67. The maximum Gasteiger partial charge on any atom is 0.251 e. The molecule has 0 saturated heterocycles. The molecule has 3 aromatic rings. The summed E-state index contributed by atoms with van der Waals surface area (Å²) in [6.45, 7) is 0.499. The topological polar surface area (TPSA) is 45.5 Å². The lowest BCUT2D eigenvalue weighted by Gasteiger charge is -2.16. The SMILES string of the molecule is CN(C)c1cccc(C(=O)NC[C@H](c2ccco2)c2cccs2)c1. The van der Waals surface area contributed by atoms with Crippen LogP contribution in [0.25, 0.3) is 0 Å². The van der Waals surface area contributed by atoms with E-state index >= 15 is 0 Å². The number of carbonyl (C=O) groups is 1. The average Bonchev–Trinajstić information content (AvgIpc) is 3.29. The van der Waals surface area contributed by atoms with Crippen molar-refractivity contribution < 1.29 is 9.21 Å². The summed E-state index contributed by atoms with van der Waals surface area (Å²) in [6.07, 6.45) is 1.66. The van der Waals surface area contributed by atoms with Crippen molar-refractivity contribution in [1.82, 2.24) is 5.32 Å². The molecule has 2 heterocycles. The molecule has 1 atom stereocenters. The number of nitrogens with zero attached hydrogens (tertiary/aromatic N) is 1. The molecular weight excluding hydrogens is 320 g/mol. The van der Waals surface area contributed by atoms with Gasteiger partial charge in [-0.2, -0.15) is 0 Å². The molecule has 5 heteroatoms. The van der Waals surface area contributed by atoms with Crippen LogP contribution in [0.5, 0.6) is 0 Å². The maximum atomic E-state index is 12.5. The lowest BCUT2D eigenvalue weighted by molar-refractivity contribution is 0.0952. The highest BCUT2D eigenvalue weighted by Gasteiger charge is 2.19. The Hall–Kier alpha value is -2.53. The van der Waals surface area contributed by atoms with Gasteiger partial charge in [-0.1, -0.05) is 12.1 Å². The maximum absolute atomic E-state index is 12.5. The highest BCUT2D eigenvalue weighted by molar-refractivity contribution is 7.10. The number of rotatable bonds is 6. The highest BCUT2D eigenvalue weighted by atomic mass is 32.1. The van der Waals surface area contributed by atoms with E-state index in [1.54, 1.807) is 17.6 Å². The predicted octanol–water partition coefficient (Wildman–Crippen LogP) is 3.97. The van der Waals surface area contributed by atoms with Gasteiger partial charge in [-0.05, 0) is 41.8 Å². The lowest BCUT2D eigenvalue weighted by atomic mass is 10.0. The fourth-order valence-electron chi connectivity index (χ4n) is 2.54. The Morgan fingerprint density at radius 1 is 1.21 bits per heavy atom. The monoisotopic (exact) mass is 340 g/mol. The predicted molar refractivity (Wildman–Crippen MR) is 98.0 cm³/mol. The van der Waals surface area contributed by atoms with Gasteiger partial charge in [-0.25, -0.2) is 0 Å². The summed E-state index contributed by atoms with van der Waals surface area (Å²) in [6, 6.07) is 15.5. The molecule has 124 valence electrons. The third-order valence-electron chi connectivity index (χ3n) is 3.86. The molecule has 0 spiro atoms. The first-order valence-electron chi connectivity index (χ1n) is 7.77. The molecule has 1 N–H and O–H groups in total. The zero-order valence-corrected chi connectivity index (χ0v) is 14.5. The Labute approximate surface area is 145 Å². The van der Waals surface area contributed by atoms with Crippen molar-refractivity contribution in [3.8, 4) is 0 Å². The normalized spacial score (nSPS) is 11.9. The number of thiophene rings is 1. The van der Waals surface area contributed by atoms with Crippen molar-refractivity contribution in [2.75, 3.05) is 25.5 Å². The van der Waals surface area contributed by atoms with Crippen LogP contribution in [0.3, 0.4) is 0 Å². The van der Waals surface area contributed by atoms with Gasteiger partial charge in [-0.15, -0.1) is 11.3 Å². The number of benzene rings is 1. The second-order valence-electron chi connectivity index (χ2n) is 5.74. The van der Waals surface area contributed by atoms with Gasteiger partial charge in [0, 0.05) is 36.8 Å². The Morgan fingerprint density at radius 3 is 2.75 bits per heavy atom. The summed E-state index contributed by atoms with van der Waals surface area (Å²) in [7, 11) is 3.92. The molecule has 24 heavy (non-hydrogen) atoms. The fraction of sp³-hybridized carbons (Fsp3) is 0.211. The van der Waals surface area contributed by atoms with Gasteiger partial charge in [0.1, 0.15) is 5.76 Å². The standard InChI is InChI=1S/C19H20N2O2S/c1-21(2)15-7-3-6-14(12-15)19(22)20-13-16(17-8-4-10-23-17)18-9-5-11-24-18/h3-12,16H,13H2,1-2H3,(H,20,22)/t16-/m1/s1. The van der Waals surface area contributed by atoms with E-state index in [9.17, 15) is 4.79 Å². The molecule has 2 aromatic heterocycles. The smallest absolute Gasteiger partial charge is 0.251 e. The van der Waals surface area contributed by atoms with Gasteiger partial charge in [0.05, 0.1) is 12.2 Å². The average molecular weight is 340 g/mol. The first kappa shape index (κ1) is 16.3. The van der Waals surface area contributed by atoms with E-state index in [-0.39, 0.29) is 11.8 Å². The fourth-order valence-corrected chi connectivity index (χ4v) is 3.38. The summed E-state index contributed by atoms with van der Waals surface area (Å²) < 4.78 is 5.56. The van der Waals surface area contributed by atoms with Gasteiger partial charge in [0.25, 0.3) is 5.91 Å². The van der Waals surface area contributed by atoms with E-state index in [1.165, 1.54) is 4.88 Å². The second-order valence-corrected chi connectivity index (χ2v) is 6.72. The van der Waals surface area contributed by atoms with Crippen LogP contribution in [0.2, 0.25) is 0 Å². The van der Waals surface area contributed by atoms with Crippen LogP contribution in [0.1, 0.15) is 26.9 Å². The van der Waals surface area contributed by atoms with Crippen molar-refractivity contribution in [3.05, 3.63) is 76.4 Å². The van der Waals surface area contributed by atoms with E-state index in [4.69, 9.17) is 4.42 Å². The second kappa shape index (κ2) is 7.36. The minimum Gasteiger partial charge on any atom is -0.469 e. The van der Waals surface area contributed by atoms with Crippen molar-refractivity contribution in [2.45, 2.75) is 5.92 Å². The Balaban J connectivity index is 1.73. The molecule has 0 radical (unpaired) electrons. The first-order chi connectivity index (χ1) is 11.6. The summed E-state index contributed by atoms with van der Waals surface area (Å²) in [5, 5.41) is 5.07. The molecule has 0 saturated carbocycles. The van der Waals surface area contributed by atoms with Crippen LogP contribution in [0.15, 0.2) is 64.6 Å². The molecule has 1 amide bonds. The number of amides is 1. The Kier molecular flexibility index (Phi) is 5.01. The van der Waals surface area contributed by atoms with Crippen LogP contribution in [-0.2, 0) is 0 Å². The number of anilines is 1. The summed E-state index contributed by atoms with van der Waals surface area (Å²) in [4.78, 5) is 15.7. The third kappa shape index (κ3) is 3.68. The minimum atomic E-state index is -0.0770. The van der Waals surface area contributed by atoms with Gasteiger partial charge in [-0.3, -0.25) is 4.79 Å². The molecular formula is C19H20N2O2S. The number of nitrogens with one attached hydrogen (secondary N) is 1. The number of hydrogen-bond donors (Lipinski definition) is 1. The largest absolute Gasteiger partial charge is 0.469 e. The molecule has 0 fully saturated rings.